The van der Waals surface area contributed by atoms with Crippen LogP contribution in [0.15, 0.2) is 12.1 Å². The van der Waals surface area contributed by atoms with Crippen molar-refractivity contribution in [2.24, 2.45) is 5.92 Å². The average Bonchev–Trinajstić information content (AvgIpc) is 3.04. The van der Waals surface area contributed by atoms with Crippen LogP contribution in [0.5, 0.6) is 0 Å². The van der Waals surface area contributed by atoms with E-state index in [0.29, 0.717) is 6.04 Å². The zero-order valence-corrected chi connectivity index (χ0v) is 12.3. The first kappa shape index (κ1) is 12.9. The number of nitrogens with zero attached hydrogens (tertiary/aromatic N) is 1. The lowest BCUT2D eigenvalue weighted by molar-refractivity contribution is 0.128. The summed E-state index contributed by atoms with van der Waals surface area (Å²) in [6, 6.07) is 4.93. The fraction of sp³-hybridized carbons (Fsp3) is 0.714. The third-order valence-electron chi connectivity index (χ3n) is 4.28. The minimum atomic E-state index is 0.618. The summed E-state index contributed by atoms with van der Waals surface area (Å²) in [5, 5.41) is 3.45. The van der Waals surface area contributed by atoms with Gasteiger partial charge in [0.25, 0.3) is 0 Å². The van der Waals surface area contributed by atoms with Gasteiger partial charge in [0, 0.05) is 37.1 Å². The van der Waals surface area contributed by atoms with E-state index in [1.807, 2.05) is 0 Å². The molecule has 1 aromatic heterocycles. The SMILES string of the molecule is Clc1ccc([C@H](C2CCCC2)N2CCNCC2)s1. The summed E-state index contributed by atoms with van der Waals surface area (Å²) < 4.78 is 0.933. The second-order valence-corrected chi connectivity index (χ2v) is 7.16. The van der Waals surface area contributed by atoms with Crippen LogP contribution in [0.4, 0.5) is 0 Å². The summed E-state index contributed by atoms with van der Waals surface area (Å²) in [7, 11) is 0. The minimum Gasteiger partial charge on any atom is -0.314 e. The van der Waals surface area contributed by atoms with E-state index < -0.39 is 0 Å². The highest BCUT2D eigenvalue weighted by Gasteiger charge is 2.32. The van der Waals surface area contributed by atoms with Crippen molar-refractivity contribution >= 4 is 22.9 Å². The monoisotopic (exact) mass is 284 g/mol. The largest absolute Gasteiger partial charge is 0.314 e. The van der Waals surface area contributed by atoms with Gasteiger partial charge < -0.3 is 5.32 Å². The molecule has 2 heterocycles. The minimum absolute atomic E-state index is 0.618. The lowest BCUT2D eigenvalue weighted by Gasteiger charge is -2.37. The van der Waals surface area contributed by atoms with E-state index in [4.69, 9.17) is 11.6 Å². The molecule has 1 aliphatic heterocycles. The van der Waals surface area contributed by atoms with Gasteiger partial charge in [-0.05, 0) is 30.9 Å². The van der Waals surface area contributed by atoms with Gasteiger partial charge in [-0.15, -0.1) is 11.3 Å². The Morgan fingerprint density at radius 1 is 1.22 bits per heavy atom. The smallest absolute Gasteiger partial charge is 0.0931 e. The molecule has 0 spiro atoms. The van der Waals surface area contributed by atoms with Gasteiger partial charge in [-0.1, -0.05) is 24.4 Å². The van der Waals surface area contributed by atoms with E-state index in [1.54, 1.807) is 11.3 Å². The van der Waals surface area contributed by atoms with Gasteiger partial charge in [0.15, 0.2) is 0 Å². The van der Waals surface area contributed by atoms with Gasteiger partial charge in [-0.3, -0.25) is 4.90 Å². The molecule has 0 bridgehead atoms. The Morgan fingerprint density at radius 2 is 1.94 bits per heavy atom. The zero-order chi connectivity index (χ0) is 12.4. The van der Waals surface area contributed by atoms with E-state index >= 15 is 0 Å². The van der Waals surface area contributed by atoms with Crippen molar-refractivity contribution in [3.8, 4) is 0 Å². The molecule has 100 valence electrons. The summed E-state index contributed by atoms with van der Waals surface area (Å²) in [6.07, 6.45) is 5.60. The van der Waals surface area contributed by atoms with Crippen LogP contribution in [0.3, 0.4) is 0 Å². The Labute approximate surface area is 118 Å². The van der Waals surface area contributed by atoms with E-state index in [-0.39, 0.29) is 0 Å². The fourth-order valence-corrected chi connectivity index (χ4v) is 4.72. The molecule has 1 saturated carbocycles. The van der Waals surface area contributed by atoms with Crippen LogP contribution in [0, 0.1) is 5.92 Å². The van der Waals surface area contributed by atoms with Gasteiger partial charge in [0.05, 0.1) is 4.34 Å². The van der Waals surface area contributed by atoms with E-state index in [9.17, 15) is 0 Å². The van der Waals surface area contributed by atoms with Crippen LogP contribution in [0.25, 0.3) is 0 Å². The van der Waals surface area contributed by atoms with E-state index in [0.717, 1.165) is 23.3 Å². The van der Waals surface area contributed by atoms with E-state index in [1.165, 1.54) is 43.6 Å². The van der Waals surface area contributed by atoms with Crippen molar-refractivity contribution in [3.05, 3.63) is 21.3 Å². The molecule has 0 aromatic carbocycles. The van der Waals surface area contributed by atoms with Gasteiger partial charge in [-0.2, -0.15) is 0 Å². The summed E-state index contributed by atoms with van der Waals surface area (Å²) in [5.74, 6) is 0.845. The van der Waals surface area contributed by atoms with Crippen LogP contribution in [0.2, 0.25) is 4.34 Å². The van der Waals surface area contributed by atoms with Gasteiger partial charge >= 0.3 is 0 Å². The molecule has 1 aromatic rings. The molecule has 0 amide bonds. The van der Waals surface area contributed by atoms with Crippen molar-refractivity contribution in [2.45, 2.75) is 31.7 Å². The molecular weight excluding hydrogens is 264 g/mol. The summed E-state index contributed by atoms with van der Waals surface area (Å²) in [6.45, 7) is 4.61. The fourth-order valence-electron chi connectivity index (χ4n) is 3.43. The third kappa shape index (κ3) is 2.74. The molecule has 18 heavy (non-hydrogen) atoms. The predicted octanol–water partition coefficient (Wildman–Crippen LogP) is 3.54. The number of nitrogens with one attached hydrogen (secondary N) is 1. The first-order chi connectivity index (χ1) is 8.84. The summed E-state index contributed by atoms with van der Waals surface area (Å²) >= 11 is 7.92. The Bertz CT molecular complexity index is 381. The topological polar surface area (TPSA) is 15.3 Å². The second kappa shape index (κ2) is 5.91. The number of hydrogen-bond donors (Lipinski definition) is 1. The average molecular weight is 285 g/mol. The molecule has 2 aliphatic rings. The quantitative estimate of drug-likeness (QED) is 0.913. The molecule has 1 N–H and O–H groups in total. The van der Waals surface area contributed by atoms with Crippen LogP contribution in [0.1, 0.15) is 36.6 Å². The number of hydrogen-bond acceptors (Lipinski definition) is 3. The summed E-state index contributed by atoms with van der Waals surface area (Å²) in [5.41, 5.74) is 0. The second-order valence-electron chi connectivity index (χ2n) is 5.42. The van der Waals surface area contributed by atoms with Crippen molar-refractivity contribution in [1.82, 2.24) is 10.2 Å². The molecule has 0 radical (unpaired) electrons. The molecule has 1 aliphatic carbocycles. The van der Waals surface area contributed by atoms with Crippen LogP contribution >= 0.6 is 22.9 Å². The lowest BCUT2D eigenvalue weighted by Crippen LogP contribution is -2.46. The molecule has 1 atom stereocenters. The maximum Gasteiger partial charge on any atom is 0.0931 e. The van der Waals surface area contributed by atoms with Crippen LogP contribution in [-0.4, -0.2) is 31.1 Å². The highest BCUT2D eigenvalue weighted by Crippen LogP contribution is 2.42. The first-order valence-electron chi connectivity index (χ1n) is 7.04. The third-order valence-corrected chi connectivity index (χ3v) is 5.58. The van der Waals surface area contributed by atoms with Crippen molar-refractivity contribution in [1.29, 1.82) is 0 Å². The Hall–Kier alpha value is -0.0900. The van der Waals surface area contributed by atoms with Crippen molar-refractivity contribution < 1.29 is 0 Å². The normalized spacial score (nSPS) is 24.5. The predicted molar refractivity (Wildman–Crippen MR) is 78.5 cm³/mol. The Kier molecular flexibility index (Phi) is 4.24. The molecule has 4 heteroatoms. The standard InChI is InChI=1S/C14H21ClN2S/c15-13-6-5-12(18-13)14(11-3-1-2-4-11)17-9-7-16-8-10-17/h5-6,11,14,16H,1-4,7-10H2/t14-/m0/s1. The highest BCUT2D eigenvalue weighted by atomic mass is 35.5. The van der Waals surface area contributed by atoms with Crippen LogP contribution < -0.4 is 5.32 Å². The zero-order valence-electron chi connectivity index (χ0n) is 10.7. The Morgan fingerprint density at radius 3 is 2.56 bits per heavy atom. The molecule has 2 fully saturated rings. The molecule has 2 nitrogen and oxygen atoms in total. The molecule has 3 rings (SSSR count). The number of piperazine rings is 1. The van der Waals surface area contributed by atoms with Gasteiger partial charge in [0.1, 0.15) is 0 Å². The van der Waals surface area contributed by atoms with Crippen LogP contribution in [-0.2, 0) is 0 Å². The van der Waals surface area contributed by atoms with Crippen molar-refractivity contribution in [2.75, 3.05) is 26.2 Å². The van der Waals surface area contributed by atoms with Crippen molar-refractivity contribution in [3.63, 3.8) is 0 Å². The van der Waals surface area contributed by atoms with Gasteiger partial charge in [-0.25, -0.2) is 0 Å². The highest BCUT2D eigenvalue weighted by molar-refractivity contribution is 7.16. The molecule has 1 saturated heterocycles. The number of thiophene rings is 1. The van der Waals surface area contributed by atoms with Gasteiger partial charge in [0.2, 0.25) is 0 Å². The number of rotatable bonds is 3. The first-order valence-corrected chi connectivity index (χ1v) is 8.24. The number of halogens is 1. The lowest BCUT2D eigenvalue weighted by atomic mass is 9.94. The Balaban J connectivity index is 1.82. The maximum absolute atomic E-state index is 6.14. The maximum atomic E-state index is 6.14. The van der Waals surface area contributed by atoms with E-state index in [2.05, 4.69) is 22.3 Å². The molecule has 0 unspecified atom stereocenters. The summed E-state index contributed by atoms with van der Waals surface area (Å²) in [4.78, 5) is 4.16. The molecular formula is C14H21ClN2S.